The average molecular weight is 499 g/mol. The molecule has 4 aromatic heterocycles. The monoisotopic (exact) mass is 498 g/mol. The molecule has 0 bridgehead atoms. The Morgan fingerprint density at radius 3 is 2.25 bits per heavy atom. The standard InChI is InChI=1S/C28H26N4O3S/c1-16-9-19(10-17(2)29-16)25-12-22-24(15-32(4)28(34)27(22)30-25)21-13-26(33)31(3)14-23(21)18-7-6-8-20(11-18)36(5)35/h6-15,30H,1-5H3. The highest BCUT2D eigenvalue weighted by molar-refractivity contribution is 7.90. The molecule has 0 fully saturated rings. The van der Waals surface area contributed by atoms with Crippen LogP contribution in [-0.2, 0) is 25.3 Å². The maximum atomic E-state index is 13.1. The Hall–Kier alpha value is -3.88. The van der Waals surface area contributed by atoms with Crippen LogP contribution in [0.5, 0.6) is 0 Å². The van der Waals surface area contributed by atoms with Crippen molar-refractivity contribution in [3.8, 4) is 33.5 Å². The molecule has 0 aliphatic carbocycles. The first-order valence-corrected chi connectivity index (χ1v) is 13.0. The van der Waals surface area contributed by atoms with Crippen LogP contribution in [0.3, 0.4) is 0 Å². The number of pyridine rings is 3. The molecule has 182 valence electrons. The summed E-state index contributed by atoms with van der Waals surface area (Å²) < 4.78 is 15.2. The third-order valence-electron chi connectivity index (χ3n) is 6.35. The van der Waals surface area contributed by atoms with Crippen molar-refractivity contribution in [1.29, 1.82) is 0 Å². The lowest BCUT2D eigenvalue weighted by Gasteiger charge is -2.14. The zero-order chi connectivity index (χ0) is 25.7. The Morgan fingerprint density at radius 2 is 1.56 bits per heavy atom. The molecule has 0 radical (unpaired) electrons. The van der Waals surface area contributed by atoms with Gasteiger partial charge in [0.05, 0.1) is 0 Å². The van der Waals surface area contributed by atoms with Crippen molar-refractivity contribution in [2.45, 2.75) is 18.7 Å². The number of aromatic nitrogens is 4. The Balaban J connectivity index is 1.82. The first kappa shape index (κ1) is 23.8. The van der Waals surface area contributed by atoms with E-state index in [1.54, 1.807) is 38.8 Å². The van der Waals surface area contributed by atoms with Crippen LogP contribution in [0.25, 0.3) is 44.4 Å². The minimum Gasteiger partial charge on any atom is -0.612 e. The quantitative estimate of drug-likeness (QED) is 0.374. The molecule has 0 saturated heterocycles. The third-order valence-corrected chi connectivity index (χ3v) is 7.27. The molecular formula is C28H26N4O3S. The Bertz CT molecular complexity index is 1740. The third kappa shape index (κ3) is 4.19. The van der Waals surface area contributed by atoms with Gasteiger partial charge in [-0.2, -0.15) is 0 Å². The fraction of sp³-hybridized carbons (Fsp3) is 0.179. The summed E-state index contributed by atoms with van der Waals surface area (Å²) in [4.78, 5) is 34.4. The normalized spacial score (nSPS) is 12.3. The lowest BCUT2D eigenvalue weighted by atomic mass is 9.95. The van der Waals surface area contributed by atoms with Crippen LogP contribution in [0.1, 0.15) is 11.4 Å². The molecule has 0 saturated carbocycles. The molecule has 8 heteroatoms. The smallest absolute Gasteiger partial charge is 0.274 e. The lowest BCUT2D eigenvalue weighted by molar-refractivity contribution is 0.601. The molecule has 7 nitrogen and oxygen atoms in total. The second-order valence-electron chi connectivity index (χ2n) is 9.10. The number of aryl methyl sites for hydroxylation is 4. The first-order chi connectivity index (χ1) is 17.1. The number of aromatic amines is 1. The van der Waals surface area contributed by atoms with E-state index in [2.05, 4.69) is 9.97 Å². The van der Waals surface area contributed by atoms with Gasteiger partial charge in [0.1, 0.15) is 11.8 Å². The molecule has 5 rings (SSSR count). The van der Waals surface area contributed by atoms with Crippen molar-refractivity contribution >= 4 is 22.1 Å². The van der Waals surface area contributed by atoms with E-state index < -0.39 is 11.2 Å². The lowest BCUT2D eigenvalue weighted by Crippen LogP contribution is -2.18. The summed E-state index contributed by atoms with van der Waals surface area (Å²) in [6, 6.07) is 15.0. The molecule has 0 aliphatic heterocycles. The number of hydrogen-bond donors (Lipinski definition) is 1. The van der Waals surface area contributed by atoms with E-state index in [0.29, 0.717) is 16.0 Å². The van der Waals surface area contributed by atoms with Crippen LogP contribution < -0.4 is 11.1 Å². The molecule has 1 aromatic carbocycles. The van der Waals surface area contributed by atoms with E-state index >= 15 is 0 Å². The minimum atomic E-state index is -1.15. The molecular weight excluding hydrogens is 472 g/mol. The molecule has 1 N–H and O–H groups in total. The van der Waals surface area contributed by atoms with Gasteiger partial charge >= 0.3 is 0 Å². The van der Waals surface area contributed by atoms with Gasteiger partial charge in [-0.3, -0.25) is 14.6 Å². The molecule has 1 atom stereocenters. The van der Waals surface area contributed by atoms with Crippen LogP contribution >= 0.6 is 0 Å². The predicted molar refractivity (Wildman–Crippen MR) is 145 cm³/mol. The van der Waals surface area contributed by atoms with Crippen molar-refractivity contribution in [2.24, 2.45) is 14.1 Å². The molecule has 5 aromatic rings. The zero-order valence-corrected chi connectivity index (χ0v) is 21.6. The summed E-state index contributed by atoms with van der Waals surface area (Å²) in [5.41, 5.74) is 6.76. The van der Waals surface area contributed by atoms with Crippen molar-refractivity contribution in [2.75, 3.05) is 6.26 Å². The summed E-state index contributed by atoms with van der Waals surface area (Å²) in [6.07, 6.45) is 5.20. The van der Waals surface area contributed by atoms with Gasteiger partial charge in [0.15, 0.2) is 4.90 Å². The van der Waals surface area contributed by atoms with Gasteiger partial charge in [0, 0.05) is 77.8 Å². The van der Waals surface area contributed by atoms with E-state index in [0.717, 1.165) is 44.7 Å². The van der Waals surface area contributed by atoms with Gasteiger partial charge in [-0.05, 0) is 60.4 Å². The minimum absolute atomic E-state index is 0.156. The molecule has 0 aliphatic rings. The highest BCUT2D eigenvalue weighted by Gasteiger charge is 2.19. The number of nitrogens with zero attached hydrogens (tertiary/aromatic N) is 3. The van der Waals surface area contributed by atoms with Crippen LogP contribution in [-0.4, -0.2) is 29.9 Å². The van der Waals surface area contributed by atoms with Crippen LogP contribution in [0.4, 0.5) is 0 Å². The van der Waals surface area contributed by atoms with Gasteiger partial charge in [-0.1, -0.05) is 12.1 Å². The summed E-state index contributed by atoms with van der Waals surface area (Å²) in [6.45, 7) is 3.88. The van der Waals surface area contributed by atoms with Crippen LogP contribution in [0.2, 0.25) is 0 Å². The molecule has 0 amide bonds. The number of rotatable bonds is 4. The predicted octanol–water partition coefficient (Wildman–Crippen LogP) is 4.32. The van der Waals surface area contributed by atoms with Crippen molar-refractivity contribution in [3.63, 3.8) is 0 Å². The Morgan fingerprint density at radius 1 is 0.861 bits per heavy atom. The number of nitrogens with one attached hydrogen (secondary N) is 1. The van der Waals surface area contributed by atoms with E-state index in [4.69, 9.17) is 0 Å². The van der Waals surface area contributed by atoms with Gasteiger partial charge in [-0.15, -0.1) is 0 Å². The number of hydrogen-bond acceptors (Lipinski definition) is 4. The maximum Gasteiger partial charge on any atom is 0.274 e. The second kappa shape index (κ2) is 8.96. The van der Waals surface area contributed by atoms with Crippen LogP contribution in [0, 0.1) is 13.8 Å². The summed E-state index contributed by atoms with van der Waals surface area (Å²) in [5.74, 6) is 0. The van der Waals surface area contributed by atoms with E-state index in [1.165, 1.54) is 9.13 Å². The van der Waals surface area contributed by atoms with E-state index in [-0.39, 0.29) is 11.1 Å². The molecule has 0 spiro atoms. The first-order valence-electron chi connectivity index (χ1n) is 11.5. The highest BCUT2D eigenvalue weighted by atomic mass is 32.2. The van der Waals surface area contributed by atoms with Gasteiger partial charge in [0.25, 0.3) is 11.1 Å². The van der Waals surface area contributed by atoms with Crippen molar-refractivity contribution in [3.05, 3.63) is 93.0 Å². The summed E-state index contributed by atoms with van der Waals surface area (Å²) in [5, 5.41) is 0.727. The highest BCUT2D eigenvalue weighted by Crippen LogP contribution is 2.36. The molecule has 36 heavy (non-hydrogen) atoms. The second-order valence-corrected chi connectivity index (χ2v) is 10.5. The van der Waals surface area contributed by atoms with Gasteiger partial charge < -0.3 is 18.7 Å². The van der Waals surface area contributed by atoms with Crippen molar-refractivity contribution in [1.82, 2.24) is 19.1 Å². The maximum absolute atomic E-state index is 13.1. The average Bonchev–Trinajstić information content (AvgIpc) is 3.28. The topological polar surface area (TPSA) is 95.7 Å². The number of fused-ring (bicyclic) bond motifs is 1. The van der Waals surface area contributed by atoms with Crippen molar-refractivity contribution < 1.29 is 4.55 Å². The zero-order valence-electron chi connectivity index (χ0n) is 20.7. The fourth-order valence-corrected chi connectivity index (χ4v) is 5.18. The Kier molecular flexibility index (Phi) is 5.94. The largest absolute Gasteiger partial charge is 0.612 e. The fourth-order valence-electron chi connectivity index (χ4n) is 4.62. The summed E-state index contributed by atoms with van der Waals surface area (Å²) >= 11 is -1.15. The molecule has 1 unspecified atom stereocenters. The molecule has 4 heterocycles. The number of H-pyrrole nitrogens is 1. The van der Waals surface area contributed by atoms with Gasteiger partial charge in [0.2, 0.25) is 0 Å². The van der Waals surface area contributed by atoms with E-state index in [9.17, 15) is 14.1 Å². The van der Waals surface area contributed by atoms with Crippen LogP contribution in [0.15, 0.2) is 75.4 Å². The summed E-state index contributed by atoms with van der Waals surface area (Å²) in [7, 11) is 3.41. The SMILES string of the molecule is Cc1cc(-c2cc3c(-c4cc(=O)n(C)cc4-c4cccc([S+](C)[O-])c4)cn(C)c(=O)c3[nH]2)cc(C)n1. The van der Waals surface area contributed by atoms with E-state index in [1.807, 2.05) is 56.3 Å². The number of benzene rings is 1. The Labute approximate surface area is 211 Å². The van der Waals surface area contributed by atoms with Gasteiger partial charge in [-0.25, -0.2) is 0 Å².